The average molecular weight is 389 g/mol. The Balaban J connectivity index is 1.57. The van der Waals surface area contributed by atoms with Gasteiger partial charge in [0.05, 0.1) is 22.4 Å². The van der Waals surface area contributed by atoms with Gasteiger partial charge in [0.15, 0.2) is 6.61 Å². The lowest BCUT2D eigenvalue weighted by atomic mass is 10.1. The molecule has 142 valence electrons. The first kappa shape index (κ1) is 19.2. The molecule has 1 atom stereocenters. The number of nitrogens with one attached hydrogen (secondary N) is 2. The molecule has 2 aromatic carbocycles. The van der Waals surface area contributed by atoms with Crippen molar-refractivity contribution in [2.24, 2.45) is 0 Å². The highest BCUT2D eigenvalue weighted by atomic mass is 35.5. The maximum absolute atomic E-state index is 12.5. The molecule has 0 aromatic heterocycles. The molecule has 7 heteroatoms. The van der Waals surface area contributed by atoms with E-state index in [0.717, 1.165) is 19.4 Å². The van der Waals surface area contributed by atoms with Crippen LogP contribution in [0.25, 0.3) is 0 Å². The highest BCUT2D eigenvalue weighted by Crippen LogP contribution is 2.23. The minimum atomic E-state index is -0.380. The van der Waals surface area contributed by atoms with E-state index in [4.69, 9.17) is 21.1 Å². The van der Waals surface area contributed by atoms with Gasteiger partial charge in [0.2, 0.25) is 0 Å². The lowest BCUT2D eigenvalue weighted by molar-refractivity contribution is -0.118. The average Bonchev–Trinajstić information content (AvgIpc) is 3.19. The second-order valence-electron chi connectivity index (χ2n) is 6.16. The molecular weight excluding hydrogens is 368 g/mol. The first-order valence-corrected chi connectivity index (χ1v) is 9.17. The zero-order valence-corrected chi connectivity index (χ0v) is 15.5. The molecule has 0 radical (unpaired) electrons. The van der Waals surface area contributed by atoms with Crippen molar-refractivity contribution in [1.29, 1.82) is 0 Å². The summed E-state index contributed by atoms with van der Waals surface area (Å²) in [5.74, 6) is -0.209. The molecule has 1 fully saturated rings. The van der Waals surface area contributed by atoms with Crippen LogP contribution in [0.1, 0.15) is 23.2 Å². The van der Waals surface area contributed by atoms with Crippen LogP contribution in [0.15, 0.2) is 48.5 Å². The van der Waals surface area contributed by atoms with Gasteiger partial charge in [-0.1, -0.05) is 35.9 Å². The Bertz CT molecular complexity index is 806. The van der Waals surface area contributed by atoms with Gasteiger partial charge in [0.25, 0.3) is 11.8 Å². The highest BCUT2D eigenvalue weighted by Gasteiger charge is 2.18. The summed E-state index contributed by atoms with van der Waals surface area (Å²) in [6, 6.07) is 13.8. The van der Waals surface area contributed by atoms with Crippen molar-refractivity contribution in [3.8, 4) is 5.75 Å². The molecule has 1 heterocycles. The maximum atomic E-state index is 12.5. The summed E-state index contributed by atoms with van der Waals surface area (Å²) >= 11 is 6.00. The van der Waals surface area contributed by atoms with Crippen molar-refractivity contribution in [3.63, 3.8) is 0 Å². The van der Waals surface area contributed by atoms with Crippen LogP contribution in [-0.4, -0.2) is 37.7 Å². The van der Waals surface area contributed by atoms with Gasteiger partial charge in [-0.15, -0.1) is 0 Å². The molecule has 0 unspecified atom stereocenters. The number of hydrogen-bond donors (Lipinski definition) is 2. The molecule has 1 saturated heterocycles. The highest BCUT2D eigenvalue weighted by molar-refractivity contribution is 6.32. The molecule has 0 aliphatic carbocycles. The molecule has 1 aliphatic heterocycles. The number of benzene rings is 2. The normalized spacial score (nSPS) is 16.0. The fourth-order valence-corrected chi connectivity index (χ4v) is 2.98. The summed E-state index contributed by atoms with van der Waals surface area (Å²) in [4.78, 5) is 24.7. The standard InChI is InChI=1S/C20H21ClN2O4/c21-16-8-2-4-10-18(16)27-13-19(24)23-17-9-3-1-7-15(17)20(25)22-12-14-6-5-11-26-14/h1-4,7-10,14H,5-6,11-13H2,(H,22,25)(H,23,24)/t14-/m0/s1. The molecule has 6 nitrogen and oxygen atoms in total. The minimum absolute atomic E-state index is 0.0553. The summed E-state index contributed by atoms with van der Waals surface area (Å²) in [5.41, 5.74) is 0.816. The zero-order chi connectivity index (χ0) is 19.1. The first-order chi connectivity index (χ1) is 13.1. The molecule has 0 saturated carbocycles. The van der Waals surface area contributed by atoms with Crippen LogP contribution < -0.4 is 15.4 Å². The summed E-state index contributed by atoms with van der Waals surface area (Å²) in [6.07, 6.45) is 2.01. The van der Waals surface area contributed by atoms with E-state index in [9.17, 15) is 9.59 Å². The van der Waals surface area contributed by atoms with Gasteiger partial charge in [-0.3, -0.25) is 9.59 Å². The van der Waals surface area contributed by atoms with Gasteiger partial charge in [-0.05, 0) is 37.1 Å². The number of anilines is 1. The number of rotatable bonds is 7. The zero-order valence-electron chi connectivity index (χ0n) is 14.7. The van der Waals surface area contributed by atoms with Crippen molar-refractivity contribution in [3.05, 3.63) is 59.1 Å². The van der Waals surface area contributed by atoms with E-state index in [0.29, 0.717) is 28.6 Å². The number of hydrogen-bond acceptors (Lipinski definition) is 4. The minimum Gasteiger partial charge on any atom is -0.482 e. The van der Waals surface area contributed by atoms with Crippen LogP contribution in [0.3, 0.4) is 0 Å². The third-order valence-electron chi connectivity index (χ3n) is 4.16. The van der Waals surface area contributed by atoms with Crippen molar-refractivity contribution >= 4 is 29.1 Å². The predicted octanol–water partition coefficient (Wildman–Crippen LogP) is 3.27. The van der Waals surface area contributed by atoms with Gasteiger partial charge in [0.1, 0.15) is 5.75 Å². The second kappa shape index (κ2) is 9.39. The third kappa shape index (κ3) is 5.45. The monoisotopic (exact) mass is 388 g/mol. The Morgan fingerprint density at radius 1 is 1.15 bits per heavy atom. The number of carbonyl (C=O) groups is 2. The lowest BCUT2D eigenvalue weighted by Crippen LogP contribution is -2.32. The van der Waals surface area contributed by atoms with Gasteiger partial charge < -0.3 is 20.1 Å². The van der Waals surface area contributed by atoms with Crippen molar-refractivity contribution < 1.29 is 19.1 Å². The third-order valence-corrected chi connectivity index (χ3v) is 4.47. The summed E-state index contributed by atoms with van der Waals surface area (Å²) in [5, 5.41) is 6.00. The topological polar surface area (TPSA) is 76.7 Å². The number of ether oxygens (including phenoxy) is 2. The second-order valence-corrected chi connectivity index (χ2v) is 6.57. The number of amides is 2. The van der Waals surface area contributed by atoms with E-state index in [-0.39, 0.29) is 24.5 Å². The molecule has 27 heavy (non-hydrogen) atoms. The van der Waals surface area contributed by atoms with Crippen LogP contribution in [0.5, 0.6) is 5.75 Å². The molecule has 2 amide bonds. The summed E-state index contributed by atoms with van der Waals surface area (Å²) in [6.45, 7) is 0.977. The quantitative estimate of drug-likeness (QED) is 0.763. The van der Waals surface area contributed by atoms with Crippen LogP contribution in [0.4, 0.5) is 5.69 Å². The Kier molecular flexibility index (Phi) is 6.68. The smallest absolute Gasteiger partial charge is 0.262 e. The maximum Gasteiger partial charge on any atom is 0.262 e. The van der Waals surface area contributed by atoms with Gasteiger partial charge in [-0.2, -0.15) is 0 Å². The molecule has 3 rings (SSSR count). The van der Waals surface area contributed by atoms with E-state index in [1.165, 1.54) is 0 Å². The largest absolute Gasteiger partial charge is 0.482 e. The van der Waals surface area contributed by atoms with Crippen LogP contribution in [0, 0.1) is 0 Å². The van der Waals surface area contributed by atoms with Crippen LogP contribution in [-0.2, 0) is 9.53 Å². The lowest BCUT2D eigenvalue weighted by Gasteiger charge is -2.14. The van der Waals surface area contributed by atoms with E-state index in [2.05, 4.69) is 10.6 Å². The predicted molar refractivity (Wildman–Crippen MR) is 103 cm³/mol. The van der Waals surface area contributed by atoms with Crippen molar-refractivity contribution in [2.75, 3.05) is 25.1 Å². The Labute approximate surface area is 162 Å². The number of para-hydroxylation sites is 2. The Hall–Kier alpha value is -2.57. The van der Waals surface area contributed by atoms with Gasteiger partial charge >= 0.3 is 0 Å². The molecular formula is C20H21ClN2O4. The fraction of sp³-hybridized carbons (Fsp3) is 0.300. The SMILES string of the molecule is O=C(COc1ccccc1Cl)Nc1ccccc1C(=O)NC[C@@H]1CCCO1. The first-order valence-electron chi connectivity index (χ1n) is 8.79. The van der Waals surface area contributed by atoms with Crippen LogP contribution >= 0.6 is 11.6 Å². The molecule has 0 spiro atoms. The number of carbonyl (C=O) groups excluding carboxylic acids is 2. The van der Waals surface area contributed by atoms with E-state index >= 15 is 0 Å². The summed E-state index contributed by atoms with van der Waals surface area (Å²) < 4.78 is 10.9. The van der Waals surface area contributed by atoms with E-state index in [1.54, 1.807) is 48.5 Å². The Morgan fingerprint density at radius 2 is 1.93 bits per heavy atom. The molecule has 2 aromatic rings. The van der Waals surface area contributed by atoms with Crippen LogP contribution in [0.2, 0.25) is 5.02 Å². The molecule has 2 N–H and O–H groups in total. The fourth-order valence-electron chi connectivity index (χ4n) is 2.79. The van der Waals surface area contributed by atoms with E-state index in [1.807, 2.05) is 0 Å². The van der Waals surface area contributed by atoms with Gasteiger partial charge in [-0.25, -0.2) is 0 Å². The molecule has 1 aliphatic rings. The molecule has 0 bridgehead atoms. The number of halogens is 1. The van der Waals surface area contributed by atoms with E-state index < -0.39 is 0 Å². The van der Waals surface area contributed by atoms with Crippen molar-refractivity contribution in [1.82, 2.24) is 5.32 Å². The Morgan fingerprint density at radius 3 is 2.70 bits per heavy atom. The van der Waals surface area contributed by atoms with Crippen molar-refractivity contribution in [2.45, 2.75) is 18.9 Å². The van der Waals surface area contributed by atoms with Gasteiger partial charge in [0, 0.05) is 13.2 Å². The summed E-state index contributed by atoms with van der Waals surface area (Å²) in [7, 11) is 0.